The van der Waals surface area contributed by atoms with Crippen molar-refractivity contribution in [1.82, 2.24) is 9.88 Å². The fourth-order valence-electron chi connectivity index (χ4n) is 2.57. The van der Waals surface area contributed by atoms with Crippen molar-refractivity contribution < 1.29 is 9.53 Å². The van der Waals surface area contributed by atoms with Gasteiger partial charge in [-0.2, -0.15) is 0 Å². The summed E-state index contributed by atoms with van der Waals surface area (Å²) < 4.78 is 6.51. The number of hydrogen-bond acceptors (Lipinski definition) is 5. The molecule has 6 heteroatoms. The zero-order valence-corrected chi connectivity index (χ0v) is 14.4. The number of carbonyl (C=O) groups excluding carboxylic acids is 1. The molecule has 0 saturated carbocycles. The van der Waals surface area contributed by atoms with E-state index >= 15 is 0 Å². The fraction of sp³-hybridized carbons (Fsp3) is 0.412. The minimum atomic E-state index is -0.462. The van der Waals surface area contributed by atoms with Gasteiger partial charge in [0.1, 0.15) is 5.60 Å². The van der Waals surface area contributed by atoms with Crippen LogP contribution in [0.1, 0.15) is 32.8 Å². The van der Waals surface area contributed by atoms with Crippen LogP contribution in [0.15, 0.2) is 24.3 Å². The zero-order valence-electron chi connectivity index (χ0n) is 13.6. The van der Waals surface area contributed by atoms with Gasteiger partial charge in [0.2, 0.25) is 0 Å². The molecule has 0 atom stereocenters. The second-order valence-electron chi connectivity index (χ2n) is 6.64. The van der Waals surface area contributed by atoms with Crippen LogP contribution in [0.2, 0.25) is 0 Å². The number of nitrogens with zero attached hydrogens (tertiary/aromatic N) is 2. The highest BCUT2D eigenvalue weighted by atomic mass is 32.1. The normalized spacial score (nSPS) is 15.6. The first-order valence-electron chi connectivity index (χ1n) is 7.65. The monoisotopic (exact) mass is 331 g/mol. The molecule has 1 aromatic heterocycles. The molecule has 23 heavy (non-hydrogen) atoms. The highest BCUT2D eigenvalue weighted by molar-refractivity contribution is 7.22. The summed E-state index contributed by atoms with van der Waals surface area (Å²) in [5.74, 6) is 0. The maximum absolute atomic E-state index is 12.1. The van der Waals surface area contributed by atoms with Gasteiger partial charge in [-0.1, -0.05) is 23.5 Å². The van der Waals surface area contributed by atoms with Crippen LogP contribution >= 0.6 is 11.3 Å². The van der Waals surface area contributed by atoms with E-state index in [1.807, 2.05) is 20.8 Å². The summed E-state index contributed by atoms with van der Waals surface area (Å²) >= 11 is 1.49. The van der Waals surface area contributed by atoms with Gasteiger partial charge in [-0.05, 0) is 50.5 Å². The molecule has 1 aliphatic rings. The van der Waals surface area contributed by atoms with E-state index in [9.17, 15) is 4.79 Å². The molecular weight excluding hydrogens is 310 g/mol. The molecular formula is C17H21N3O2S. The fourth-order valence-corrected chi connectivity index (χ4v) is 3.28. The number of benzene rings is 1. The highest BCUT2D eigenvalue weighted by Gasteiger charge is 2.23. The summed E-state index contributed by atoms with van der Waals surface area (Å²) in [4.78, 5) is 18.2. The molecule has 0 radical (unpaired) electrons. The van der Waals surface area contributed by atoms with Gasteiger partial charge >= 0.3 is 6.09 Å². The number of nitrogen functional groups attached to an aromatic ring is 1. The largest absolute Gasteiger partial charge is 0.444 e. The minimum absolute atomic E-state index is 0.254. The molecule has 2 heterocycles. The second-order valence-corrected chi connectivity index (χ2v) is 7.70. The topological polar surface area (TPSA) is 68.5 Å². The Labute approximate surface area is 139 Å². The molecule has 122 valence electrons. The Kier molecular flexibility index (Phi) is 4.02. The first-order valence-corrected chi connectivity index (χ1v) is 8.47. The SMILES string of the molecule is CC(C)(C)OC(=O)N1CC=C(c2ccc3sc(N)nc3c2)CC1. The summed E-state index contributed by atoms with van der Waals surface area (Å²) in [5.41, 5.74) is 8.60. The van der Waals surface area contributed by atoms with Crippen LogP contribution in [0, 0.1) is 0 Å². The van der Waals surface area contributed by atoms with E-state index in [4.69, 9.17) is 10.5 Å². The van der Waals surface area contributed by atoms with Crippen LogP contribution in [0.5, 0.6) is 0 Å². The average molecular weight is 331 g/mol. The average Bonchev–Trinajstić information content (AvgIpc) is 2.84. The Morgan fingerprint density at radius 2 is 2.17 bits per heavy atom. The predicted molar refractivity (Wildman–Crippen MR) is 94.4 cm³/mol. The lowest BCUT2D eigenvalue weighted by molar-refractivity contribution is 0.0270. The van der Waals surface area contributed by atoms with E-state index in [-0.39, 0.29) is 6.09 Å². The predicted octanol–water partition coefficient (Wildman–Crippen LogP) is 3.90. The molecule has 0 saturated heterocycles. The molecule has 1 aromatic carbocycles. The summed E-state index contributed by atoms with van der Waals surface area (Å²) in [5, 5.41) is 0.589. The van der Waals surface area contributed by atoms with Crippen LogP contribution < -0.4 is 5.73 Å². The van der Waals surface area contributed by atoms with Crippen molar-refractivity contribution in [3.8, 4) is 0 Å². The van der Waals surface area contributed by atoms with Crippen LogP contribution in [0.3, 0.4) is 0 Å². The molecule has 0 aliphatic carbocycles. The number of rotatable bonds is 1. The van der Waals surface area contributed by atoms with Crippen molar-refractivity contribution in [3.05, 3.63) is 29.8 Å². The first-order chi connectivity index (χ1) is 10.8. The molecule has 1 amide bonds. The summed E-state index contributed by atoms with van der Waals surface area (Å²) in [6, 6.07) is 6.21. The highest BCUT2D eigenvalue weighted by Crippen LogP contribution is 2.29. The number of hydrogen-bond donors (Lipinski definition) is 1. The number of nitrogens with two attached hydrogens (primary N) is 1. The van der Waals surface area contributed by atoms with Crippen LogP contribution in [-0.4, -0.2) is 34.7 Å². The minimum Gasteiger partial charge on any atom is -0.444 e. The lowest BCUT2D eigenvalue weighted by Gasteiger charge is -2.29. The van der Waals surface area contributed by atoms with Gasteiger partial charge in [-0.15, -0.1) is 0 Å². The van der Waals surface area contributed by atoms with E-state index < -0.39 is 5.60 Å². The third-order valence-electron chi connectivity index (χ3n) is 3.64. The number of ether oxygens (including phenoxy) is 1. The van der Waals surface area contributed by atoms with Crippen molar-refractivity contribution in [2.45, 2.75) is 32.8 Å². The van der Waals surface area contributed by atoms with Crippen LogP contribution in [0.25, 0.3) is 15.8 Å². The maximum atomic E-state index is 12.1. The molecule has 3 rings (SSSR count). The van der Waals surface area contributed by atoms with E-state index in [1.54, 1.807) is 4.90 Å². The Bertz CT molecular complexity index is 774. The lowest BCUT2D eigenvalue weighted by Crippen LogP contribution is -2.39. The molecule has 0 unspecified atom stereocenters. The van der Waals surface area contributed by atoms with E-state index in [2.05, 4.69) is 29.3 Å². The van der Waals surface area contributed by atoms with E-state index in [0.29, 0.717) is 18.2 Å². The van der Waals surface area contributed by atoms with Crippen molar-refractivity contribution >= 4 is 38.4 Å². The molecule has 5 nitrogen and oxygen atoms in total. The quantitative estimate of drug-likeness (QED) is 0.860. The Balaban J connectivity index is 1.73. The van der Waals surface area contributed by atoms with Gasteiger partial charge in [-0.3, -0.25) is 0 Å². The van der Waals surface area contributed by atoms with Crippen LogP contribution in [-0.2, 0) is 4.74 Å². The number of anilines is 1. The Morgan fingerprint density at radius 3 is 2.83 bits per heavy atom. The maximum Gasteiger partial charge on any atom is 0.410 e. The number of aromatic nitrogens is 1. The zero-order chi connectivity index (χ0) is 16.6. The van der Waals surface area contributed by atoms with Gasteiger partial charge < -0.3 is 15.4 Å². The third-order valence-corrected chi connectivity index (χ3v) is 4.50. The first kappa shape index (κ1) is 15.8. The number of thiazole rings is 1. The molecule has 0 bridgehead atoms. The van der Waals surface area contributed by atoms with Crippen molar-refractivity contribution in [2.75, 3.05) is 18.8 Å². The number of amides is 1. The lowest BCUT2D eigenvalue weighted by atomic mass is 9.99. The molecule has 0 spiro atoms. The Morgan fingerprint density at radius 1 is 1.39 bits per heavy atom. The van der Waals surface area contributed by atoms with Gasteiger partial charge in [0.25, 0.3) is 0 Å². The molecule has 1 aliphatic heterocycles. The number of fused-ring (bicyclic) bond motifs is 1. The van der Waals surface area contributed by atoms with Crippen molar-refractivity contribution in [3.63, 3.8) is 0 Å². The van der Waals surface area contributed by atoms with E-state index in [0.717, 1.165) is 22.2 Å². The molecule has 2 aromatic rings. The number of carbonyl (C=O) groups is 1. The molecule has 0 fully saturated rings. The summed E-state index contributed by atoms with van der Waals surface area (Å²) in [6.45, 7) is 6.88. The van der Waals surface area contributed by atoms with Crippen molar-refractivity contribution in [1.29, 1.82) is 0 Å². The molecule has 2 N–H and O–H groups in total. The van der Waals surface area contributed by atoms with Gasteiger partial charge in [0.15, 0.2) is 5.13 Å². The van der Waals surface area contributed by atoms with Gasteiger partial charge in [0.05, 0.1) is 10.2 Å². The van der Waals surface area contributed by atoms with E-state index in [1.165, 1.54) is 16.9 Å². The third kappa shape index (κ3) is 3.64. The summed E-state index contributed by atoms with van der Waals surface area (Å²) in [7, 11) is 0. The Hall–Kier alpha value is -2.08. The van der Waals surface area contributed by atoms with Gasteiger partial charge in [-0.25, -0.2) is 9.78 Å². The second kappa shape index (κ2) is 5.85. The van der Waals surface area contributed by atoms with Crippen molar-refractivity contribution in [2.24, 2.45) is 0 Å². The smallest absolute Gasteiger partial charge is 0.410 e. The van der Waals surface area contributed by atoms with Gasteiger partial charge in [0, 0.05) is 13.1 Å². The summed E-state index contributed by atoms with van der Waals surface area (Å²) in [6.07, 6.45) is 2.64. The standard InChI is InChI=1S/C17H21N3O2S/c1-17(2,3)22-16(21)20-8-6-11(7-9-20)12-4-5-14-13(10-12)19-15(18)23-14/h4-6,10H,7-9H2,1-3H3,(H2,18,19). The van der Waals surface area contributed by atoms with Crippen LogP contribution in [0.4, 0.5) is 9.93 Å².